The molecule has 12 heavy (non-hydrogen) atoms. The quantitative estimate of drug-likeness (QED) is 0.642. The fourth-order valence-corrected chi connectivity index (χ4v) is 1.10. The van der Waals surface area contributed by atoms with Gasteiger partial charge in [-0.1, -0.05) is 6.04 Å². The monoisotopic (exact) mass is 172 g/mol. The molecule has 2 nitrogen and oxygen atoms in total. The molecule has 0 radical (unpaired) electrons. The summed E-state index contributed by atoms with van der Waals surface area (Å²) in [5, 5.41) is 0. The molecule has 0 aliphatic carbocycles. The van der Waals surface area contributed by atoms with E-state index in [0.29, 0.717) is 4.90 Å². The van der Waals surface area contributed by atoms with Crippen LogP contribution in [-0.2, 0) is 0 Å². The van der Waals surface area contributed by atoms with Crippen LogP contribution in [0.3, 0.4) is 0 Å². The lowest BCUT2D eigenvalue weighted by Crippen LogP contribution is -2.17. The first kappa shape index (κ1) is 2.32. The van der Waals surface area contributed by atoms with Gasteiger partial charge < -0.3 is 0 Å². The minimum Gasteiger partial charge on any atom is -0.299 e. The Hall–Kier alpha value is -0.890. The Bertz CT molecular complexity index is 613. The highest BCUT2D eigenvalue weighted by Crippen LogP contribution is 2.29. The Morgan fingerprint density at radius 3 is 3.92 bits per heavy atom. The molecule has 1 aliphatic heterocycles. The van der Waals surface area contributed by atoms with Crippen LogP contribution in [-0.4, -0.2) is 23.4 Å². The van der Waals surface area contributed by atoms with E-state index in [1.807, 2.05) is 0 Å². The van der Waals surface area contributed by atoms with Gasteiger partial charge >= 0.3 is 0 Å². The van der Waals surface area contributed by atoms with Crippen LogP contribution < -0.4 is 0 Å². The van der Waals surface area contributed by atoms with E-state index in [9.17, 15) is 0 Å². The van der Waals surface area contributed by atoms with Crippen LogP contribution in [0, 0.1) is 0 Å². The van der Waals surface area contributed by atoms with Crippen molar-refractivity contribution >= 4 is 0 Å². The number of hydrogen-bond acceptors (Lipinski definition) is 2. The fourth-order valence-electron chi connectivity index (χ4n) is 1.10. The van der Waals surface area contributed by atoms with E-state index < -0.39 is 49.5 Å². The summed E-state index contributed by atoms with van der Waals surface area (Å²) in [5.41, 5.74) is -0.453. The molecule has 1 aromatic heterocycles. The number of rotatable bonds is 1. The highest BCUT2D eigenvalue weighted by molar-refractivity contribution is 5.14. The average Bonchev–Trinajstić information content (AvgIpc) is 2.56. The first-order chi connectivity index (χ1) is 9.82. The zero-order valence-corrected chi connectivity index (χ0v) is 6.31. The van der Waals surface area contributed by atoms with Crippen molar-refractivity contribution in [2.45, 2.75) is 18.9 Å². The third-order valence-electron chi connectivity index (χ3n) is 1.66. The van der Waals surface area contributed by atoms with Crippen LogP contribution in [0.15, 0.2) is 24.4 Å². The molecule has 0 amide bonds. The van der Waals surface area contributed by atoms with Crippen molar-refractivity contribution in [3.05, 3.63) is 30.0 Å². The molecule has 2 rings (SSSR count). The topological polar surface area (TPSA) is 16.1 Å². The van der Waals surface area contributed by atoms with Gasteiger partial charge in [-0.05, 0) is 37.9 Å². The van der Waals surface area contributed by atoms with Gasteiger partial charge in [0.05, 0.1) is 6.85 Å². The van der Waals surface area contributed by atoms with Crippen LogP contribution in [0.4, 0.5) is 0 Å². The van der Waals surface area contributed by atoms with E-state index in [1.165, 1.54) is 0 Å². The van der Waals surface area contributed by atoms with Crippen LogP contribution in [0.25, 0.3) is 0 Å². The SMILES string of the molecule is [2H]c1nc([2H])c(C2([2H])CCC([2H])([2H])N2C([2H])([2H])[2H])c([2H])c1[2H]. The molecule has 0 N–H and O–H groups in total. The lowest BCUT2D eigenvalue weighted by molar-refractivity contribution is 0.317. The first-order valence-corrected chi connectivity index (χ1v) is 3.58. The van der Waals surface area contributed by atoms with Gasteiger partial charge in [0.25, 0.3) is 0 Å². The Morgan fingerprint density at radius 1 is 2.00 bits per heavy atom. The van der Waals surface area contributed by atoms with Crippen molar-refractivity contribution in [3.63, 3.8) is 0 Å². The van der Waals surface area contributed by atoms with Gasteiger partial charge in [0.2, 0.25) is 0 Å². The lowest BCUT2D eigenvalue weighted by atomic mass is 10.1. The summed E-state index contributed by atoms with van der Waals surface area (Å²) in [6.45, 7) is -5.27. The van der Waals surface area contributed by atoms with Crippen LogP contribution in [0.2, 0.25) is 0 Å². The predicted molar refractivity (Wildman–Crippen MR) is 48.8 cm³/mol. The summed E-state index contributed by atoms with van der Waals surface area (Å²) in [6, 6.07) is -3.46. The van der Waals surface area contributed by atoms with Crippen LogP contribution >= 0.6 is 0 Å². The lowest BCUT2D eigenvalue weighted by Gasteiger charge is -2.18. The summed E-state index contributed by atoms with van der Waals surface area (Å²) in [5.74, 6) is 0. The minimum atomic E-state index is -2.96. The van der Waals surface area contributed by atoms with Crippen LogP contribution in [0.1, 0.15) is 38.1 Å². The molecule has 1 atom stereocenters. The maximum Gasteiger partial charge on any atom is 0.0843 e. The van der Waals surface area contributed by atoms with Gasteiger partial charge in [-0.2, -0.15) is 0 Å². The van der Waals surface area contributed by atoms with Crippen LogP contribution in [0.5, 0.6) is 0 Å². The van der Waals surface area contributed by atoms with Crippen molar-refractivity contribution < 1.29 is 13.7 Å². The number of likely N-dealkylation sites (tertiary alicyclic amines) is 1. The average molecular weight is 172 g/mol. The van der Waals surface area contributed by atoms with Crippen molar-refractivity contribution in [1.82, 2.24) is 9.88 Å². The molecule has 0 bridgehead atoms. The Labute approximate surface area is 87.3 Å². The maximum atomic E-state index is 8.44. The molecule has 1 saturated heterocycles. The molecule has 0 spiro atoms. The van der Waals surface area contributed by atoms with Crippen molar-refractivity contribution in [2.24, 2.45) is 0 Å². The van der Waals surface area contributed by atoms with E-state index in [4.69, 9.17) is 13.7 Å². The van der Waals surface area contributed by atoms with Gasteiger partial charge in [-0.3, -0.25) is 9.88 Å². The summed E-state index contributed by atoms with van der Waals surface area (Å²) >= 11 is 0. The second-order valence-electron chi connectivity index (χ2n) is 2.40. The zero-order chi connectivity index (χ0) is 17.1. The minimum absolute atomic E-state index is 0.255. The molecule has 2 heteroatoms. The van der Waals surface area contributed by atoms with Gasteiger partial charge in [-0.15, -0.1) is 0 Å². The van der Waals surface area contributed by atoms with Crippen molar-refractivity contribution in [2.75, 3.05) is 13.5 Å². The molecular formula is C10H14N2. The normalized spacial score (nSPS) is 48.0. The summed E-state index contributed by atoms with van der Waals surface area (Å²) in [6.07, 6.45) is -1.77. The van der Waals surface area contributed by atoms with Gasteiger partial charge in [0, 0.05) is 25.2 Å². The number of hydrogen-bond donors (Lipinski definition) is 0. The number of pyridine rings is 1. The smallest absolute Gasteiger partial charge is 0.0843 e. The molecule has 2 heterocycles. The van der Waals surface area contributed by atoms with E-state index >= 15 is 0 Å². The third kappa shape index (κ3) is 1.34. The Balaban J connectivity index is 2.73. The van der Waals surface area contributed by atoms with Gasteiger partial charge in [0.15, 0.2) is 0 Å². The second kappa shape index (κ2) is 3.23. The molecular weight excluding hydrogens is 148 g/mol. The summed E-state index contributed by atoms with van der Waals surface area (Å²) in [4.78, 5) is 3.81. The Kier molecular flexibility index (Phi) is 0.626. The summed E-state index contributed by atoms with van der Waals surface area (Å²) in [7, 11) is 0. The Morgan fingerprint density at radius 2 is 3.00 bits per heavy atom. The molecule has 1 unspecified atom stereocenters. The molecule has 1 aliphatic rings. The fraction of sp³-hybridized carbons (Fsp3) is 0.500. The molecule has 1 fully saturated rings. The zero-order valence-electron chi connectivity index (χ0n) is 16.3. The molecule has 64 valence electrons. The molecule has 0 aromatic carbocycles. The largest absolute Gasteiger partial charge is 0.299 e. The molecule has 0 saturated carbocycles. The van der Waals surface area contributed by atoms with E-state index in [1.54, 1.807) is 0 Å². The number of aromatic nitrogens is 1. The van der Waals surface area contributed by atoms with Gasteiger partial charge in [-0.25, -0.2) is 0 Å². The van der Waals surface area contributed by atoms with E-state index in [0.717, 1.165) is 0 Å². The second-order valence-corrected chi connectivity index (χ2v) is 2.40. The highest BCUT2D eigenvalue weighted by atomic mass is 15.1. The molecule has 1 aromatic rings. The van der Waals surface area contributed by atoms with Crippen molar-refractivity contribution in [1.29, 1.82) is 0 Å². The van der Waals surface area contributed by atoms with Crippen molar-refractivity contribution in [3.8, 4) is 0 Å². The van der Waals surface area contributed by atoms with Gasteiger partial charge in [0.1, 0.15) is 0 Å². The standard InChI is InChI=1S/C10H14N2/c1-12-7-3-5-10(12)9-4-2-6-11-8-9/h2,4,6,8,10H,3,5,7H2,1H3/i1D3,2D,4D,6D,7D2,8D,10D. The maximum absolute atomic E-state index is 8.44. The summed E-state index contributed by atoms with van der Waals surface area (Å²) < 4.78 is 77.2. The third-order valence-corrected chi connectivity index (χ3v) is 1.66. The first-order valence-electron chi connectivity index (χ1n) is 8.58. The predicted octanol–water partition coefficient (Wildman–Crippen LogP) is 1.85. The number of nitrogens with zero attached hydrogens (tertiary/aromatic N) is 2. The van der Waals surface area contributed by atoms with E-state index in [2.05, 4.69) is 4.98 Å². The highest BCUT2D eigenvalue weighted by Gasteiger charge is 2.21. The van der Waals surface area contributed by atoms with E-state index in [-0.39, 0.29) is 12.8 Å².